The van der Waals surface area contributed by atoms with Gasteiger partial charge in [0.15, 0.2) is 11.5 Å². The van der Waals surface area contributed by atoms with Crippen LogP contribution in [0.2, 0.25) is 0 Å². The van der Waals surface area contributed by atoms with E-state index in [9.17, 15) is 13.2 Å². The van der Waals surface area contributed by atoms with Crippen LogP contribution in [0.1, 0.15) is 12.0 Å². The van der Waals surface area contributed by atoms with Gasteiger partial charge in [0.25, 0.3) is 0 Å². The molecule has 2 rings (SSSR count). The number of methoxy groups -OCH3 is 2. The number of hydrogen-bond donors (Lipinski definition) is 1. The lowest BCUT2D eigenvalue weighted by molar-refractivity contribution is -0.144. The molecule has 0 saturated carbocycles. The van der Waals surface area contributed by atoms with Crippen molar-refractivity contribution in [3.63, 3.8) is 0 Å². The molecule has 0 aliphatic carbocycles. The van der Waals surface area contributed by atoms with Crippen LogP contribution in [-0.4, -0.2) is 41.8 Å². The Morgan fingerprint density at radius 2 is 1.64 bits per heavy atom. The van der Waals surface area contributed by atoms with Crippen LogP contribution in [0.4, 0.5) is 0 Å². The molecule has 2 aromatic carbocycles. The molecular formula is C19H23NO7S. The molecule has 0 unspecified atom stereocenters. The number of primary sulfonamides is 1. The third kappa shape index (κ3) is 6.43. The molecule has 28 heavy (non-hydrogen) atoms. The molecule has 152 valence electrons. The summed E-state index contributed by atoms with van der Waals surface area (Å²) in [4.78, 5) is 11.8. The SMILES string of the molecule is COc1ccc(CCC(=O)OCCOc2ccc(S(N)(=O)=O)cc2)cc1OC. The second-order valence-electron chi connectivity index (χ2n) is 5.77. The van der Waals surface area contributed by atoms with Gasteiger partial charge in [0.05, 0.1) is 19.1 Å². The molecule has 0 fully saturated rings. The van der Waals surface area contributed by atoms with E-state index >= 15 is 0 Å². The highest BCUT2D eigenvalue weighted by atomic mass is 32.2. The Bertz CT molecular complexity index is 895. The molecule has 0 atom stereocenters. The minimum Gasteiger partial charge on any atom is -0.493 e. The van der Waals surface area contributed by atoms with E-state index in [-0.39, 0.29) is 30.5 Å². The van der Waals surface area contributed by atoms with Crippen LogP contribution in [0.3, 0.4) is 0 Å². The molecule has 0 aliphatic heterocycles. The first-order valence-corrected chi connectivity index (χ1v) is 10.0. The number of aryl methyl sites for hydroxylation is 1. The Labute approximate surface area is 164 Å². The average Bonchev–Trinajstić information content (AvgIpc) is 2.69. The first kappa shape index (κ1) is 21.5. The van der Waals surface area contributed by atoms with E-state index in [0.29, 0.717) is 23.7 Å². The lowest BCUT2D eigenvalue weighted by Gasteiger charge is -2.10. The standard InChI is InChI=1S/C19H23NO7S/c1-24-17-9-3-14(13-18(17)25-2)4-10-19(21)27-12-11-26-15-5-7-16(8-6-15)28(20,22)23/h3,5-9,13H,4,10-12H2,1-2H3,(H2,20,22,23). The summed E-state index contributed by atoms with van der Waals surface area (Å²) < 4.78 is 43.3. The number of esters is 1. The molecule has 9 heteroatoms. The first-order chi connectivity index (χ1) is 13.3. The summed E-state index contributed by atoms with van der Waals surface area (Å²) >= 11 is 0. The summed E-state index contributed by atoms with van der Waals surface area (Å²) in [6.45, 7) is 0.235. The minimum atomic E-state index is -3.73. The second kappa shape index (κ2) is 9.95. The largest absolute Gasteiger partial charge is 0.493 e. The van der Waals surface area contributed by atoms with Crippen LogP contribution < -0.4 is 19.3 Å². The van der Waals surface area contributed by atoms with Gasteiger partial charge in [0.2, 0.25) is 10.0 Å². The fraction of sp³-hybridized carbons (Fsp3) is 0.316. The van der Waals surface area contributed by atoms with Crippen molar-refractivity contribution >= 4 is 16.0 Å². The van der Waals surface area contributed by atoms with Crippen molar-refractivity contribution in [1.29, 1.82) is 0 Å². The monoisotopic (exact) mass is 409 g/mol. The molecule has 0 heterocycles. The zero-order chi connectivity index (χ0) is 20.6. The van der Waals surface area contributed by atoms with Crippen molar-refractivity contribution in [2.24, 2.45) is 5.14 Å². The number of carbonyl (C=O) groups excluding carboxylic acids is 1. The summed E-state index contributed by atoms with van der Waals surface area (Å²) in [6, 6.07) is 11.1. The van der Waals surface area contributed by atoms with Gasteiger partial charge < -0.3 is 18.9 Å². The molecule has 0 saturated heterocycles. The van der Waals surface area contributed by atoms with E-state index in [4.69, 9.17) is 24.1 Å². The highest BCUT2D eigenvalue weighted by Crippen LogP contribution is 2.28. The Morgan fingerprint density at radius 1 is 0.964 bits per heavy atom. The summed E-state index contributed by atoms with van der Waals surface area (Å²) in [6.07, 6.45) is 0.730. The maximum Gasteiger partial charge on any atom is 0.306 e. The predicted octanol–water partition coefficient (Wildman–Crippen LogP) is 1.91. The van der Waals surface area contributed by atoms with Crippen molar-refractivity contribution in [2.75, 3.05) is 27.4 Å². The number of rotatable bonds is 10. The Balaban J connectivity index is 1.71. The molecule has 0 bridgehead atoms. The number of sulfonamides is 1. The zero-order valence-electron chi connectivity index (χ0n) is 15.7. The molecule has 0 amide bonds. The molecule has 2 N–H and O–H groups in total. The lowest BCUT2D eigenvalue weighted by atomic mass is 10.1. The van der Waals surface area contributed by atoms with Gasteiger partial charge in [-0.1, -0.05) is 6.07 Å². The minimum absolute atomic E-state index is 0.00133. The van der Waals surface area contributed by atoms with Gasteiger partial charge in [-0.3, -0.25) is 4.79 Å². The summed E-state index contributed by atoms with van der Waals surface area (Å²) in [5.41, 5.74) is 0.931. The van der Waals surface area contributed by atoms with Crippen LogP contribution >= 0.6 is 0 Å². The predicted molar refractivity (Wildman–Crippen MR) is 102 cm³/mol. The van der Waals surface area contributed by atoms with E-state index in [1.54, 1.807) is 20.3 Å². The Kier molecular flexibility index (Phi) is 7.65. The number of hydrogen-bond acceptors (Lipinski definition) is 7. The van der Waals surface area contributed by atoms with E-state index < -0.39 is 10.0 Å². The smallest absolute Gasteiger partial charge is 0.306 e. The molecule has 0 radical (unpaired) electrons. The van der Waals surface area contributed by atoms with Gasteiger partial charge in [-0.05, 0) is 48.4 Å². The maximum absolute atomic E-state index is 11.8. The average molecular weight is 409 g/mol. The van der Waals surface area contributed by atoms with Crippen LogP contribution in [0.15, 0.2) is 47.4 Å². The molecule has 8 nitrogen and oxygen atoms in total. The van der Waals surface area contributed by atoms with E-state index in [1.807, 2.05) is 12.1 Å². The quantitative estimate of drug-likeness (QED) is 0.471. The third-order valence-corrected chi connectivity index (χ3v) is 4.76. The molecule has 0 spiro atoms. The number of nitrogens with two attached hydrogens (primary N) is 1. The fourth-order valence-electron chi connectivity index (χ4n) is 2.40. The normalized spacial score (nSPS) is 11.0. The van der Waals surface area contributed by atoms with E-state index in [2.05, 4.69) is 0 Å². The van der Waals surface area contributed by atoms with Crippen LogP contribution in [0, 0.1) is 0 Å². The molecule has 0 aromatic heterocycles. The van der Waals surface area contributed by atoms with Gasteiger partial charge in [-0.2, -0.15) is 0 Å². The zero-order valence-corrected chi connectivity index (χ0v) is 16.5. The summed E-state index contributed by atoms with van der Waals surface area (Å²) in [5, 5.41) is 5.02. The van der Waals surface area contributed by atoms with Crippen LogP contribution in [0.25, 0.3) is 0 Å². The Hall–Kier alpha value is -2.78. The van der Waals surface area contributed by atoms with E-state index in [0.717, 1.165) is 5.56 Å². The number of ether oxygens (including phenoxy) is 4. The number of carbonyl (C=O) groups is 1. The van der Waals surface area contributed by atoms with Crippen LogP contribution in [-0.2, 0) is 26.0 Å². The first-order valence-electron chi connectivity index (χ1n) is 8.45. The van der Waals surface area contributed by atoms with Crippen molar-refractivity contribution in [3.05, 3.63) is 48.0 Å². The Morgan fingerprint density at radius 3 is 2.25 bits per heavy atom. The second-order valence-corrected chi connectivity index (χ2v) is 7.34. The van der Waals surface area contributed by atoms with Crippen molar-refractivity contribution < 1.29 is 32.2 Å². The van der Waals surface area contributed by atoms with Gasteiger partial charge in [0, 0.05) is 6.42 Å². The summed E-state index contributed by atoms with van der Waals surface area (Å²) in [5.74, 6) is 1.34. The van der Waals surface area contributed by atoms with Gasteiger partial charge >= 0.3 is 5.97 Å². The topological polar surface area (TPSA) is 114 Å². The molecule has 2 aromatic rings. The van der Waals surface area contributed by atoms with Crippen LogP contribution in [0.5, 0.6) is 17.2 Å². The van der Waals surface area contributed by atoms with Crippen molar-refractivity contribution in [2.45, 2.75) is 17.7 Å². The van der Waals surface area contributed by atoms with E-state index in [1.165, 1.54) is 24.3 Å². The molecule has 0 aliphatic rings. The van der Waals surface area contributed by atoms with Gasteiger partial charge in [0.1, 0.15) is 19.0 Å². The van der Waals surface area contributed by atoms with Crippen molar-refractivity contribution in [1.82, 2.24) is 0 Å². The lowest BCUT2D eigenvalue weighted by Crippen LogP contribution is -2.13. The highest BCUT2D eigenvalue weighted by Gasteiger charge is 2.09. The van der Waals surface area contributed by atoms with Gasteiger partial charge in [-0.15, -0.1) is 0 Å². The summed E-state index contributed by atoms with van der Waals surface area (Å²) in [7, 11) is -0.619. The highest BCUT2D eigenvalue weighted by molar-refractivity contribution is 7.89. The molecular weight excluding hydrogens is 386 g/mol. The third-order valence-electron chi connectivity index (χ3n) is 3.83. The maximum atomic E-state index is 11.8. The van der Waals surface area contributed by atoms with Crippen molar-refractivity contribution in [3.8, 4) is 17.2 Å². The fourth-order valence-corrected chi connectivity index (χ4v) is 2.91. The van der Waals surface area contributed by atoms with Gasteiger partial charge in [-0.25, -0.2) is 13.6 Å². The number of benzene rings is 2.